The molecule has 0 aromatic heterocycles. The Hall–Kier alpha value is -6.83. The van der Waals surface area contributed by atoms with Crippen LogP contribution < -0.4 is 30.9 Å². The number of hydrogen-bond acceptors (Lipinski definition) is 7. The standard InChI is InChI=1S/C47H38N6O/c1-3-14-31(15-4-1)32-16-11-17-33(28-32)43-50-44(52-45(51-43)35-19-13-21-37(30-35)47-49-40-25-8-10-27-42(40)54-47)34-18-12-20-36(29-34)46-48-39-24-7-9-26-41(39)53(46)38-22-5-2-6-23-38/h1-30,43,45-49,51H,(H,50,52). The molecule has 0 fully saturated rings. The van der Waals surface area contributed by atoms with Gasteiger partial charge in [0.15, 0.2) is 6.23 Å². The lowest BCUT2D eigenvalue weighted by Gasteiger charge is -2.33. The third-order valence-electron chi connectivity index (χ3n) is 10.4. The van der Waals surface area contributed by atoms with Crippen LogP contribution in [0.25, 0.3) is 11.1 Å². The van der Waals surface area contributed by atoms with Gasteiger partial charge >= 0.3 is 0 Å². The van der Waals surface area contributed by atoms with Gasteiger partial charge in [-0.3, -0.25) is 5.32 Å². The van der Waals surface area contributed by atoms with Crippen LogP contribution in [-0.4, -0.2) is 5.84 Å². The van der Waals surface area contributed by atoms with Gasteiger partial charge in [0.1, 0.15) is 30.1 Å². The Balaban J connectivity index is 1.02. The second-order valence-corrected chi connectivity index (χ2v) is 13.8. The third kappa shape index (κ3) is 6.00. The molecule has 4 atom stereocenters. The van der Waals surface area contributed by atoms with Crippen molar-refractivity contribution in [1.82, 2.24) is 10.6 Å². The number of benzene rings is 7. The van der Waals surface area contributed by atoms with Crippen LogP contribution in [0.4, 0.5) is 22.7 Å². The van der Waals surface area contributed by atoms with E-state index in [1.54, 1.807) is 0 Å². The highest BCUT2D eigenvalue weighted by Crippen LogP contribution is 2.46. The molecule has 54 heavy (non-hydrogen) atoms. The number of ether oxygens (including phenoxy) is 1. The Morgan fingerprint density at radius 3 is 1.98 bits per heavy atom. The molecule has 7 aromatic carbocycles. The summed E-state index contributed by atoms with van der Waals surface area (Å²) in [5, 5.41) is 14.9. The molecule has 3 aliphatic heterocycles. The third-order valence-corrected chi connectivity index (χ3v) is 10.4. The maximum Gasteiger partial charge on any atom is 0.196 e. The van der Waals surface area contributed by atoms with Crippen LogP contribution in [0.15, 0.2) is 187 Å². The molecule has 0 amide bonds. The number of rotatable bonds is 7. The van der Waals surface area contributed by atoms with Crippen molar-refractivity contribution >= 4 is 28.6 Å². The minimum absolute atomic E-state index is 0.0964. The lowest BCUT2D eigenvalue weighted by molar-refractivity contribution is 0.259. The van der Waals surface area contributed by atoms with E-state index >= 15 is 0 Å². The molecule has 7 nitrogen and oxygen atoms in total. The highest BCUT2D eigenvalue weighted by atomic mass is 16.5. The summed E-state index contributed by atoms with van der Waals surface area (Å²) in [6, 6.07) is 63.6. The molecule has 0 bridgehead atoms. The number of aliphatic imine (C=N–C) groups is 1. The molecule has 0 saturated carbocycles. The minimum atomic E-state index is -0.325. The Kier molecular flexibility index (Phi) is 8.04. The fraction of sp³-hybridized carbons (Fsp3) is 0.0851. The number of para-hydroxylation sites is 5. The molecule has 0 aliphatic carbocycles. The number of fused-ring (bicyclic) bond motifs is 2. The first-order chi connectivity index (χ1) is 26.7. The van der Waals surface area contributed by atoms with Gasteiger partial charge in [-0.15, -0.1) is 0 Å². The quantitative estimate of drug-likeness (QED) is 0.133. The summed E-state index contributed by atoms with van der Waals surface area (Å²) in [5.41, 5.74) is 12.1. The molecular formula is C47H38N6O. The summed E-state index contributed by atoms with van der Waals surface area (Å²) in [7, 11) is 0. The zero-order valence-electron chi connectivity index (χ0n) is 29.4. The monoisotopic (exact) mass is 702 g/mol. The second kappa shape index (κ2) is 13.6. The van der Waals surface area contributed by atoms with Gasteiger partial charge in [0, 0.05) is 16.8 Å². The van der Waals surface area contributed by atoms with Crippen molar-refractivity contribution in [1.29, 1.82) is 0 Å². The first-order valence-electron chi connectivity index (χ1n) is 18.4. The summed E-state index contributed by atoms with van der Waals surface area (Å²) in [6.45, 7) is 0. The second-order valence-electron chi connectivity index (χ2n) is 13.8. The average molecular weight is 703 g/mol. The van der Waals surface area contributed by atoms with Crippen molar-refractivity contribution < 1.29 is 4.74 Å². The molecular weight excluding hydrogens is 665 g/mol. The summed E-state index contributed by atoms with van der Waals surface area (Å²) >= 11 is 0. The number of nitrogens with one attached hydrogen (secondary N) is 4. The molecule has 262 valence electrons. The minimum Gasteiger partial charge on any atom is -0.464 e. The van der Waals surface area contributed by atoms with E-state index in [1.165, 1.54) is 11.1 Å². The van der Waals surface area contributed by atoms with Crippen LogP contribution in [0.3, 0.4) is 0 Å². The SMILES string of the molecule is c1ccc(-c2cccc(C3NC(c4cccc(C5Nc6ccccc6N5c5ccccc5)c4)=NC(c4cccc(C5Nc6ccccc6O5)c4)N3)c2)cc1. The maximum absolute atomic E-state index is 6.31. The highest BCUT2D eigenvalue weighted by Gasteiger charge is 2.32. The van der Waals surface area contributed by atoms with Gasteiger partial charge in [-0.2, -0.15) is 0 Å². The van der Waals surface area contributed by atoms with E-state index < -0.39 is 0 Å². The van der Waals surface area contributed by atoms with Gasteiger partial charge in [-0.1, -0.05) is 127 Å². The molecule has 0 saturated heterocycles. The lowest BCUT2D eigenvalue weighted by Crippen LogP contribution is -2.45. The zero-order valence-corrected chi connectivity index (χ0v) is 29.4. The summed E-state index contributed by atoms with van der Waals surface area (Å²) in [4.78, 5) is 7.74. The molecule has 10 rings (SSSR count). The van der Waals surface area contributed by atoms with Gasteiger partial charge in [-0.25, -0.2) is 4.99 Å². The smallest absolute Gasteiger partial charge is 0.196 e. The van der Waals surface area contributed by atoms with E-state index in [1.807, 2.05) is 24.3 Å². The fourth-order valence-corrected chi connectivity index (χ4v) is 7.73. The molecule has 3 aliphatic rings. The van der Waals surface area contributed by atoms with Gasteiger partial charge < -0.3 is 25.6 Å². The number of amidine groups is 1. The van der Waals surface area contributed by atoms with Crippen molar-refractivity contribution in [2.75, 3.05) is 15.5 Å². The number of nitrogens with zero attached hydrogens (tertiary/aromatic N) is 2. The molecule has 3 heterocycles. The molecule has 7 aromatic rings. The largest absolute Gasteiger partial charge is 0.464 e. The number of anilines is 4. The van der Waals surface area contributed by atoms with E-state index in [4.69, 9.17) is 9.73 Å². The van der Waals surface area contributed by atoms with E-state index in [0.29, 0.717) is 0 Å². The molecule has 7 heteroatoms. The predicted octanol–water partition coefficient (Wildman–Crippen LogP) is 10.5. The average Bonchev–Trinajstić information content (AvgIpc) is 3.87. The normalized spacial score (nSPS) is 19.7. The Labute approximate surface area is 315 Å². The molecule has 4 N–H and O–H groups in total. The van der Waals surface area contributed by atoms with Crippen LogP contribution in [0.5, 0.6) is 5.75 Å². The van der Waals surface area contributed by atoms with E-state index in [2.05, 4.69) is 184 Å². The van der Waals surface area contributed by atoms with Crippen LogP contribution in [-0.2, 0) is 0 Å². The van der Waals surface area contributed by atoms with Crippen molar-refractivity contribution in [3.63, 3.8) is 0 Å². The topological polar surface area (TPSA) is 73.0 Å². The van der Waals surface area contributed by atoms with Crippen LogP contribution in [0, 0.1) is 0 Å². The Bertz CT molecular complexity index is 2460. The lowest BCUT2D eigenvalue weighted by atomic mass is 10.00. The molecule has 4 unspecified atom stereocenters. The summed E-state index contributed by atoms with van der Waals surface area (Å²) in [6.07, 6.45) is -0.911. The van der Waals surface area contributed by atoms with Gasteiger partial charge in [0.25, 0.3) is 0 Å². The first-order valence-corrected chi connectivity index (χ1v) is 18.4. The Morgan fingerprint density at radius 1 is 0.481 bits per heavy atom. The Morgan fingerprint density at radius 2 is 1.13 bits per heavy atom. The van der Waals surface area contributed by atoms with Gasteiger partial charge in [-0.05, 0) is 82.4 Å². The summed E-state index contributed by atoms with van der Waals surface area (Å²) < 4.78 is 6.31. The predicted molar refractivity (Wildman–Crippen MR) is 218 cm³/mol. The van der Waals surface area contributed by atoms with Crippen LogP contribution in [0.2, 0.25) is 0 Å². The zero-order chi connectivity index (χ0) is 35.8. The van der Waals surface area contributed by atoms with Crippen molar-refractivity contribution in [2.24, 2.45) is 4.99 Å². The van der Waals surface area contributed by atoms with Crippen molar-refractivity contribution in [2.45, 2.75) is 24.7 Å². The van der Waals surface area contributed by atoms with E-state index in [-0.39, 0.29) is 24.7 Å². The molecule has 0 radical (unpaired) electrons. The first kappa shape index (κ1) is 31.9. The highest BCUT2D eigenvalue weighted by molar-refractivity contribution is 6.00. The van der Waals surface area contributed by atoms with E-state index in [9.17, 15) is 0 Å². The van der Waals surface area contributed by atoms with Gasteiger partial charge in [0.05, 0.1) is 17.1 Å². The maximum atomic E-state index is 6.31. The fourth-order valence-electron chi connectivity index (χ4n) is 7.73. The number of hydrogen-bond donors (Lipinski definition) is 4. The van der Waals surface area contributed by atoms with Crippen LogP contribution >= 0.6 is 0 Å². The summed E-state index contributed by atoms with van der Waals surface area (Å²) in [5.74, 6) is 1.68. The van der Waals surface area contributed by atoms with E-state index in [0.717, 1.165) is 62.2 Å². The van der Waals surface area contributed by atoms with Gasteiger partial charge in [0.2, 0.25) is 0 Å². The van der Waals surface area contributed by atoms with Crippen molar-refractivity contribution in [3.8, 4) is 16.9 Å². The molecule has 0 spiro atoms. The van der Waals surface area contributed by atoms with Crippen molar-refractivity contribution in [3.05, 3.63) is 210 Å². The van der Waals surface area contributed by atoms with Crippen LogP contribution in [0.1, 0.15) is 52.5 Å².